The van der Waals surface area contributed by atoms with Crippen LogP contribution in [-0.4, -0.2) is 35.2 Å². The summed E-state index contributed by atoms with van der Waals surface area (Å²) in [7, 11) is 0. The van der Waals surface area contributed by atoms with Gasteiger partial charge in [-0.1, -0.05) is 6.07 Å². The molecule has 0 heterocycles. The normalized spacial score (nSPS) is 11.3. The van der Waals surface area contributed by atoms with Crippen molar-refractivity contribution in [2.45, 2.75) is 19.4 Å². The van der Waals surface area contributed by atoms with Crippen molar-refractivity contribution in [3.8, 4) is 6.07 Å². The molecule has 6 nitrogen and oxygen atoms in total. The van der Waals surface area contributed by atoms with Crippen molar-refractivity contribution in [1.29, 1.82) is 5.26 Å². The Morgan fingerprint density at radius 2 is 2.19 bits per heavy atom. The number of nitrogens with zero attached hydrogens (tertiary/aromatic N) is 1. The molecule has 1 aromatic carbocycles. The number of aliphatic carboxylic acids is 1. The minimum Gasteiger partial charge on any atom is -0.480 e. The molecule has 0 saturated heterocycles. The molecule has 0 spiro atoms. The highest BCUT2D eigenvalue weighted by molar-refractivity contribution is 7.98. The predicted molar refractivity (Wildman–Crippen MR) is 82.5 cm³/mol. The molecule has 0 aliphatic rings. The molecule has 1 atom stereocenters. The van der Waals surface area contributed by atoms with E-state index in [1.54, 1.807) is 25.1 Å². The highest BCUT2D eigenvalue weighted by Crippen LogP contribution is 2.16. The number of carboxylic acids is 1. The topological polar surface area (TPSA) is 102 Å². The molecule has 0 aliphatic carbocycles. The van der Waals surface area contributed by atoms with Crippen LogP contribution in [0.15, 0.2) is 18.2 Å². The first kappa shape index (κ1) is 16.9. The molecule has 0 saturated carbocycles. The van der Waals surface area contributed by atoms with E-state index in [4.69, 9.17) is 10.4 Å². The molecule has 0 unspecified atom stereocenters. The van der Waals surface area contributed by atoms with E-state index in [1.165, 1.54) is 11.8 Å². The Labute approximate surface area is 127 Å². The average Bonchev–Trinajstić information content (AvgIpc) is 2.45. The van der Waals surface area contributed by atoms with Gasteiger partial charge in [0.05, 0.1) is 11.6 Å². The molecule has 0 bridgehead atoms. The predicted octanol–water partition coefficient (Wildman–Crippen LogP) is 2.19. The van der Waals surface area contributed by atoms with Gasteiger partial charge < -0.3 is 15.7 Å². The fourth-order valence-corrected chi connectivity index (χ4v) is 2.11. The summed E-state index contributed by atoms with van der Waals surface area (Å²) in [4.78, 5) is 22.9. The molecule has 0 aromatic heterocycles. The highest BCUT2D eigenvalue weighted by atomic mass is 32.2. The molecule has 3 N–H and O–H groups in total. The van der Waals surface area contributed by atoms with Crippen molar-refractivity contribution in [2.24, 2.45) is 0 Å². The summed E-state index contributed by atoms with van der Waals surface area (Å²) in [5.41, 5.74) is 1.70. The van der Waals surface area contributed by atoms with Crippen molar-refractivity contribution in [2.75, 3.05) is 17.3 Å². The van der Waals surface area contributed by atoms with Crippen LogP contribution < -0.4 is 10.6 Å². The van der Waals surface area contributed by atoms with Gasteiger partial charge in [-0.15, -0.1) is 0 Å². The molecule has 7 heteroatoms. The largest absolute Gasteiger partial charge is 0.480 e. The average molecular weight is 307 g/mol. The zero-order valence-electron chi connectivity index (χ0n) is 11.8. The number of aryl methyl sites for hydroxylation is 1. The maximum absolute atomic E-state index is 11.9. The third kappa shape index (κ3) is 5.36. The molecule has 0 aliphatic heterocycles. The Hall–Kier alpha value is -2.20. The first-order chi connectivity index (χ1) is 9.97. The lowest BCUT2D eigenvalue weighted by molar-refractivity contribution is -0.139. The van der Waals surface area contributed by atoms with E-state index in [2.05, 4.69) is 10.6 Å². The number of nitriles is 1. The van der Waals surface area contributed by atoms with Crippen LogP contribution >= 0.6 is 11.8 Å². The lowest BCUT2D eigenvalue weighted by Gasteiger charge is -2.15. The summed E-state index contributed by atoms with van der Waals surface area (Å²) in [6.45, 7) is 1.79. The van der Waals surface area contributed by atoms with Gasteiger partial charge in [0.25, 0.3) is 0 Å². The van der Waals surface area contributed by atoms with Gasteiger partial charge in [-0.25, -0.2) is 9.59 Å². The quantitative estimate of drug-likeness (QED) is 0.747. The van der Waals surface area contributed by atoms with E-state index in [9.17, 15) is 9.59 Å². The number of anilines is 1. The molecule has 1 aromatic rings. The van der Waals surface area contributed by atoms with E-state index in [0.717, 1.165) is 5.56 Å². The monoisotopic (exact) mass is 307 g/mol. The second-order valence-corrected chi connectivity index (χ2v) is 5.40. The number of hydrogen-bond donors (Lipinski definition) is 3. The van der Waals surface area contributed by atoms with Gasteiger partial charge in [0.15, 0.2) is 0 Å². The standard InChI is InChI=1S/C14H17N3O3S/c1-9-3-4-10(8-15)7-12(9)17-14(20)16-11(13(18)19)5-6-21-2/h3-4,7,11H,5-6H2,1-2H3,(H,18,19)(H2,16,17,20)/t11-/m1/s1. The number of carbonyl (C=O) groups is 2. The molecule has 2 amide bonds. The number of thioether (sulfide) groups is 1. The fraction of sp³-hybridized carbons (Fsp3) is 0.357. The molecule has 112 valence electrons. The van der Waals surface area contributed by atoms with Crippen LogP contribution in [0.3, 0.4) is 0 Å². The minimum atomic E-state index is -1.07. The highest BCUT2D eigenvalue weighted by Gasteiger charge is 2.19. The van der Waals surface area contributed by atoms with E-state index < -0.39 is 18.0 Å². The Morgan fingerprint density at radius 3 is 2.76 bits per heavy atom. The second-order valence-electron chi connectivity index (χ2n) is 4.41. The smallest absolute Gasteiger partial charge is 0.326 e. The molecular formula is C14H17N3O3S. The number of amides is 2. The van der Waals surface area contributed by atoms with Crippen molar-refractivity contribution in [3.05, 3.63) is 29.3 Å². The fourth-order valence-electron chi connectivity index (χ4n) is 1.64. The van der Waals surface area contributed by atoms with Crippen LogP contribution in [0.4, 0.5) is 10.5 Å². The van der Waals surface area contributed by atoms with Crippen LogP contribution in [0, 0.1) is 18.3 Å². The van der Waals surface area contributed by atoms with Crippen molar-refractivity contribution in [1.82, 2.24) is 5.32 Å². The Balaban J connectivity index is 2.72. The summed E-state index contributed by atoms with van der Waals surface area (Å²) >= 11 is 1.51. The van der Waals surface area contributed by atoms with Gasteiger partial charge in [-0.05, 0) is 43.0 Å². The lowest BCUT2D eigenvalue weighted by atomic mass is 10.1. The summed E-state index contributed by atoms with van der Waals surface area (Å²) in [6, 6.07) is 5.37. The van der Waals surface area contributed by atoms with E-state index in [1.807, 2.05) is 12.3 Å². The SMILES string of the molecule is CSCC[C@@H](NC(=O)Nc1cc(C#N)ccc1C)C(=O)O. The van der Waals surface area contributed by atoms with Crippen LogP contribution in [-0.2, 0) is 4.79 Å². The van der Waals surface area contributed by atoms with Gasteiger partial charge in [0.2, 0.25) is 0 Å². The maximum Gasteiger partial charge on any atom is 0.326 e. The van der Waals surface area contributed by atoms with Crippen molar-refractivity contribution in [3.63, 3.8) is 0 Å². The van der Waals surface area contributed by atoms with Gasteiger partial charge in [-0.2, -0.15) is 17.0 Å². The van der Waals surface area contributed by atoms with Crippen LogP contribution in [0.5, 0.6) is 0 Å². The zero-order chi connectivity index (χ0) is 15.8. The van der Waals surface area contributed by atoms with Crippen molar-refractivity contribution < 1.29 is 14.7 Å². The summed E-state index contributed by atoms with van der Waals surface area (Å²) < 4.78 is 0. The van der Waals surface area contributed by atoms with Gasteiger partial charge in [-0.3, -0.25) is 0 Å². The number of rotatable bonds is 6. The first-order valence-electron chi connectivity index (χ1n) is 6.28. The minimum absolute atomic E-state index is 0.348. The van der Waals surface area contributed by atoms with Crippen molar-refractivity contribution >= 4 is 29.4 Å². The Bertz CT molecular complexity index is 569. The van der Waals surface area contributed by atoms with E-state index in [0.29, 0.717) is 23.4 Å². The third-order valence-corrected chi connectivity index (χ3v) is 3.47. The number of carbonyl (C=O) groups excluding carboxylic acids is 1. The van der Waals surface area contributed by atoms with Gasteiger partial charge >= 0.3 is 12.0 Å². The molecule has 0 fully saturated rings. The number of carboxylic acid groups (broad SMARTS) is 1. The maximum atomic E-state index is 11.9. The molecule has 21 heavy (non-hydrogen) atoms. The van der Waals surface area contributed by atoms with Gasteiger partial charge in [0.1, 0.15) is 6.04 Å². The van der Waals surface area contributed by atoms with Crippen LogP contribution in [0.25, 0.3) is 0 Å². The van der Waals surface area contributed by atoms with E-state index in [-0.39, 0.29) is 0 Å². The second kappa shape index (κ2) is 8.17. The summed E-state index contributed by atoms with van der Waals surface area (Å²) in [6.07, 6.45) is 2.22. The Morgan fingerprint density at radius 1 is 1.48 bits per heavy atom. The van der Waals surface area contributed by atoms with Crippen LogP contribution in [0.1, 0.15) is 17.5 Å². The zero-order valence-corrected chi connectivity index (χ0v) is 12.7. The first-order valence-corrected chi connectivity index (χ1v) is 7.67. The number of nitrogens with one attached hydrogen (secondary N) is 2. The summed E-state index contributed by atoms with van der Waals surface area (Å²) in [5.74, 6) is -0.429. The number of urea groups is 1. The number of benzene rings is 1. The molecular weight excluding hydrogens is 290 g/mol. The summed E-state index contributed by atoms with van der Waals surface area (Å²) in [5, 5.41) is 22.9. The molecule has 1 rings (SSSR count). The Kier molecular flexibility index (Phi) is 6.56. The van der Waals surface area contributed by atoms with Crippen LogP contribution in [0.2, 0.25) is 0 Å². The lowest BCUT2D eigenvalue weighted by Crippen LogP contribution is -2.43. The third-order valence-electron chi connectivity index (χ3n) is 2.83. The molecule has 0 radical (unpaired) electrons. The van der Waals surface area contributed by atoms with Gasteiger partial charge in [0, 0.05) is 5.69 Å². The number of hydrogen-bond acceptors (Lipinski definition) is 4. The van der Waals surface area contributed by atoms with E-state index >= 15 is 0 Å².